The van der Waals surface area contributed by atoms with Gasteiger partial charge in [-0.1, -0.05) is 44.9 Å². The Labute approximate surface area is 186 Å². The molecule has 0 saturated carbocycles. The van der Waals surface area contributed by atoms with Crippen molar-refractivity contribution in [3.05, 3.63) is 0 Å². The molecule has 0 heterocycles. The summed E-state index contributed by atoms with van der Waals surface area (Å²) in [6.45, 7) is 9.86. The smallest absolute Gasteiger partial charge is 0.102 e. The summed E-state index contributed by atoms with van der Waals surface area (Å²) in [5.74, 6) is 1.03. The number of likely N-dealkylation sites (N-methyl/N-ethyl adjacent to an activating group) is 1. The molecule has 0 amide bonds. The van der Waals surface area contributed by atoms with Crippen LogP contribution < -0.4 is 0 Å². The SMILES string of the molecule is CC[N+](C)(C)CCOCCOCCOCCOCCCCCCCCCCCS. The summed E-state index contributed by atoms with van der Waals surface area (Å²) >= 11 is 4.24. The zero-order valence-electron chi connectivity index (χ0n) is 19.7. The highest BCUT2D eigenvalue weighted by Gasteiger charge is 2.10. The third-order valence-corrected chi connectivity index (χ3v) is 5.58. The van der Waals surface area contributed by atoms with Crippen LogP contribution in [0.5, 0.6) is 0 Å². The van der Waals surface area contributed by atoms with E-state index in [1.54, 1.807) is 0 Å². The zero-order chi connectivity index (χ0) is 21.5. The third kappa shape index (κ3) is 24.3. The molecule has 29 heavy (non-hydrogen) atoms. The maximum atomic E-state index is 5.62. The fourth-order valence-electron chi connectivity index (χ4n) is 2.78. The largest absolute Gasteiger partial charge is 0.379 e. The van der Waals surface area contributed by atoms with E-state index in [4.69, 9.17) is 18.9 Å². The topological polar surface area (TPSA) is 36.9 Å². The fraction of sp³-hybridized carbons (Fsp3) is 1.00. The van der Waals surface area contributed by atoms with Crippen molar-refractivity contribution in [1.82, 2.24) is 0 Å². The molecule has 0 aliphatic carbocycles. The lowest BCUT2D eigenvalue weighted by Gasteiger charge is -2.27. The van der Waals surface area contributed by atoms with Crippen molar-refractivity contribution >= 4 is 12.6 Å². The van der Waals surface area contributed by atoms with Gasteiger partial charge in [0.2, 0.25) is 0 Å². The van der Waals surface area contributed by atoms with Gasteiger partial charge in [0, 0.05) is 6.61 Å². The highest BCUT2D eigenvalue weighted by molar-refractivity contribution is 7.80. The van der Waals surface area contributed by atoms with Crippen LogP contribution in [0, 0.1) is 0 Å². The Hall–Kier alpha value is 0.150. The molecular weight excluding hydrogens is 386 g/mol. The first-order chi connectivity index (χ1) is 14.1. The summed E-state index contributed by atoms with van der Waals surface area (Å²) in [6, 6.07) is 0. The van der Waals surface area contributed by atoms with Gasteiger partial charge in [-0.05, 0) is 25.5 Å². The van der Waals surface area contributed by atoms with Crippen molar-refractivity contribution in [3.63, 3.8) is 0 Å². The Bertz CT molecular complexity index is 319. The van der Waals surface area contributed by atoms with E-state index in [0.29, 0.717) is 39.6 Å². The van der Waals surface area contributed by atoms with Crippen LogP contribution in [0.25, 0.3) is 0 Å². The number of quaternary nitrogens is 1. The standard InChI is InChI=1S/C23H49NO4S/c1-4-24(2,3)14-16-26-18-20-28-22-21-27-19-17-25-15-12-10-8-6-5-7-9-11-13-23-29/h4-23H2,1-3H3/p+1. The Balaban J connectivity index is 3.05. The van der Waals surface area contributed by atoms with Crippen molar-refractivity contribution in [2.45, 2.75) is 64.7 Å². The highest BCUT2D eigenvalue weighted by Crippen LogP contribution is 2.10. The second-order valence-electron chi connectivity index (χ2n) is 8.33. The monoisotopic (exact) mass is 436 g/mol. The molecular formula is C23H50NO4S+. The number of unbranched alkanes of at least 4 members (excludes halogenated alkanes) is 8. The maximum absolute atomic E-state index is 5.62. The molecule has 0 rings (SSSR count). The molecule has 0 spiro atoms. The van der Waals surface area contributed by atoms with Gasteiger partial charge in [-0.2, -0.15) is 12.6 Å². The minimum Gasteiger partial charge on any atom is -0.379 e. The highest BCUT2D eigenvalue weighted by atomic mass is 32.1. The van der Waals surface area contributed by atoms with E-state index >= 15 is 0 Å². The Morgan fingerprint density at radius 2 is 0.897 bits per heavy atom. The molecule has 0 aromatic rings. The Morgan fingerprint density at radius 1 is 0.517 bits per heavy atom. The average Bonchev–Trinajstić information content (AvgIpc) is 2.71. The molecule has 0 aliphatic rings. The van der Waals surface area contributed by atoms with Gasteiger partial charge in [0.1, 0.15) is 6.54 Å². The summed E-state index contributed by atoms with van der Waals surface area (Å²) in [5.41, 5.74) is 0. The lowest BCUT2D eigenvalue weighted by molar-refractivity contribution is -0.888. The summed E-state index contributed by atoms with van der Waals surface area (Å²) in [4.78, 5) is 0. The van der Waals surface area contributed by atoms with Crippen LogP contribution in [0.2, 0.25) is 0 Å². The number of rotatable bonds is 24. The van der Waals surface area contributed by atoms with Gasteiger partial charge in [-0.15, -0.1) is 0 Å². The molecule has 0 aromatic carbocycles. The number of nitrogens with zero attached hydrogens (tertiary/aromatic N) is 1. The number of thiol groups is 1. The summed E-state index contributed by atoms with van der Waals surface area (Å²) < 4.78 is 23.2. The van der Waals surface area contributed by atoms with Crippen molar-refractivity contribution in [2.24, 2.45) is 0 Å². The first-order valence-electron chi connectivity index (χ1n) is 11.9. The van der Waals surface area contributed by atoms with Crippen molar-refractivity contribution in [2.75, 3.05) is 85.8 Å². The molecule has 176 valence electrons. The maximum Gasteiger partial charge on any atom is 0.102 e. The van der Waals surface area contributed by atoms with Gasteiger partial charge < -0.3 is 23.4 Å². The van der Waals surface area contributed by atoms with E-state index < -0.39 is 0 Å². The van der Waals surface area contributed by atoms with E-state index in [-0.39, 0.29) is 0 Å². The number of hydrogen-bond acceptors (Lipinski definition) is 5. The van der Waals surface area contributed by atoms with Gasteiger partial charge in [0.05, 0.1) is 66.9 Å². The van der Waals surface area contributed by atoms with Crippen LogP contribution in [0.4, 0.5) is 0 Å². The summed E-state index contributed by atoms with van der Waals surface area (Å²) in [5, 5.41) is 0. The van der Waals surface area contributed by atoms with Gasteiger partial charge >= 0.3 is 0 Å². The number of ether oxygens (including phenoxy) is 4. The van der Waals surface area contributed by atoms with Crippen LogP contribution in [-0.4, -0.2) is 90.3 Å². The molecule has 0 fully saturated rings. The van der Waals surface area contributed by atoms with Crippen LogP contribution in [-0.2, 0) is 18.9 Å². The van der Waals surface area contributed by atoms with Crippen LogP contribution in [0.1, 0.15) is 64.7 Å². The van der Waals surface area contributed by atoms with Crippen LogP contribution in [0.15, 0.2) is 0 Å². The van der Waals surface area contributed by atoms with Gasteiger partial charge in [-0.25, -0.2) is 0 Å². The molecule has 0 bridgehead atoms. The van der Waals surface area contributed by atoms with Gasteiger partial charge in [0.25, 0.3) is 0 Å². The molecule has 0 unspecified atom stereocenters. The fourth-order valence-corrected chi connectivity index (χ4v) is 3.01. The quantitative estimate of drug-likeness (QED) is 0.136. The molecule has 0 N–H and O–H groups in total. The molecule has 6 heteroatoms. The first-order valence-corrected chi connectivity index (χ1v) is 12.5. The molecule has 0 saturated heterocycles. The van der Waals surface area contributed by atoms with Gasteiger partial charge in [0.15, 0.2) is 0 Å². The van der Waals surface area contributed by atoms with E-state index in [9.17, 15) is 0 Å². The molecule has 0 aliphatic heterocycles. The predicted octanol–water partition coefficient (Wildman–Crippen LogP) is 4.59. The van der Waals surface area contributed by atoms with E-state index in [0.717, 1.165) is 43.0 Å². The second-order valence-corrected chi connectivity index (χ2v) is 8.78. The molecule has 0 atom stereocenters. The Morgan fingerprint density at radius 3 is 1.34 bits per heavy atom. The number of hydrogen-bond donors (Lipinski definition) is 1. The van der Waals surface area contributed by atoms with Crippen LogP contribution >= 0.6 is 12.6 Å². The van der Waals surface area contributed by atoms with Crippen molar-refractivity contribution in [1.29, 1.82) is 0 Å². The minimum atomic E-state index is 0.620. The van der Waals surface area contributed by atoms with E-state index in [1.807, 2.05) is 0 Å². The lowest BCUT2D eigenvalue weighted by atomic mass is 10.1. The lowest BCUT2D eigenvalue weighted by Crippen LogP contribution is -2.42. The average molecular weight is 437 g/mol. The summed E-state index contributed by atoms with van der Waals surface area (Å²) in [6.07, 6.45) is 11.9. The molecule has 0 radical (unpaired) electrons. The first kappa shape index (κ1) is 29.1. The second kappa shape index (κ2) is 22.8. The van der Waals surface area contributed by atoms with Crippen LogP contribution in [0.3, 0.4) is 0 Å². The third-order valence-electron chi connectivity index (χ3n) is 5.26. The molecule has 5 nitrogen and oxygen atoms in total. The van der Waals surface area contributed by atoms with Crippen molar-refractivity contribution < 1.29 is 23.4 Å². The van der Waals surface area contributed by atoms with E-state index in [2.05, 4.69) is 33.6 Å². The predicted molar refractivity (Wildman–Crippen MR) is 126 cm³/mol. The summed E-state index contributed by atoms with van der Waals surface area (Å²) in [7, 11) is 4.44. The van der Waals surface area contributed by atoms with E-state index in [1.165, 1.54) is 51.4 Å². The zero-order valence-corrected chi connectivity index (χ0v) is 20.6. The normalized spacial score (nSPS) is 12.0. The molecule has 0 aromatic heterocycles. The van der Waals surface area contributed by atoms with Gasteiger partial charge in [-0.3, -0.25) is 0 Å². The Kier molecular flexibility index (Phi) is 22.9. The minimum absolute atomic E-state index is 0.620. The van der Waals surface area contributed by atoms with Crippen molar-refractivity contribution in [3.8, 4) is 0 Å².